The van der Waals surface area contributed by atoms with Crippen LogP contribution >= 0.6 is 0 Å². The van der Waals surface area contributed by atoms with E-state index in [1.807, 2.05) is 60.7 Å². The molecule has 6 nitrogen and oxygen atoms in total. The van der Waals surface area contributed by atoms with Gasteiger partial charge in [0.15, 0.2) is 0 Å². The van der Waals surface area contributed by atoms with Crippen molar-refractivity contribution >= 4 is 17.8 Å². The maximum atomic E-state index is 11.9. The van der Waals surface area contributed by atoms with Crippen LogP contribution in [0.15, 0.2) is 100 Å². The number of carbonyl (C=O) groups is 1. The van der Waals surface area contributed by atoms with Crippen LogP contribution in [0.25, 0.3) is 17.3 Å². The zero-order valence-electron chi connectivity index (χ0n) is 15.2. The van der Waals surface area contributed by atoms with Gasteiger partial charge in [0.25, 0.3) is 0 Å². The smallest absolute Gasteiger partial charge is 0.368 e. The van der Waals surface area contributed by atoms with Gasteiger partial charge in [0, 0.05) is 16.7 Å². The van der Waals surface area contributed by atoms with Gasteiger partial charge < -0.3 is 14.5 Å². The highest BCUT2D eigenvalue weighted by atomic mass is 16.7. The lowest BCUT2D eigenvalue weighted by molar-refractivity contribution is -0.297. The Morgan fingerprint density at radius 2 is 1.55 bits per heavy atom. The number of hydrogen-bond donors (Lipinski definition) is 0. The minimum absolute atomic E-state index is 0.361. The Hall–Kier alpha value is -4.19. The van der Waals surface area contributed by atoms with E-state index in [4.69, 9.17) is 9.36 Å². The summed E-state index contributed by atoms with van der Waals surface area (Å²) in [6.07, 6.45) is 8.29. The lowest BCUT2D eigenvalue weighted by Crippen LogP contribution is -2.06. The van der Waals surface area contributed by atoms with E-state index < -0.39 is 11.9 Å². The molecule has 0 spiro atoms. The number of benzene rings is 2. The first-order valence-corrected chi connectivity index (χ1v) is 8.86. The molecule has 1 aliphatic rings. The molecule has 0 saturated heterocycles. The second-order valence-electron chi connectivity index (χ2n) is 6.11. The molecule has 29 heavy (non-hydrogen) atoms. The van der Waals surface area contributed by atoms with Gasteiger partial charge in [-0.25, -0.2) is 4.79 Å². The van der Waals surface area contributed by atoms with Gasteiger partial charge in [-0.2, -0.15) is 5.16 Å². The molecule has 6 heteroatoms. The molecule has 0 fully saturated rings. The van der Waals surface area contributed by atoms with Gasteiger partial charge in [0.2, 0.25) is 0 Å². The summed E-state index contributed by atoms with van der Waals surface area (Å²) in [5, 5.41) is 19.6. The molecular weight excluding hydrogens is 368 g/mol. The molecule has 4 rings (SSSR count). The van der Waals surface area contributed by atoms with E-state index in [2.05, 4.69) is 10.3 Å². The first-order chi connectivity index (χ1) is 14.2. The molecule has 0 saturated carbocycles. The topological polar surface area (TPSA) is 87.8 Å². The van der Waals surface area contributed by atoms with E-state index in [-0.39, 0.29) is 0 Å². The maximum Gasteiger partial charge on any atom is 0.368 e. The summed E-state index contributed by atoms with van der Waals surface area (Å²) in [4.78, 5) is 16.7. The Morgan fingerprint density at radius 3 is 2.28 bits per heavy atom. The number of aromatic nitrogens is 1. The summed E-state index contributed by atoms with van der Waals surface area (Å²) in [5.41, 5.74) is 3.27. The molecular formula is C23H15N2O4-. The normalized spacial score (nSPS) is 15.4. The van der Waals surface area contributed by atoms with Crippen molar-refractivity contribution in [2.24, 2.45) is 5.16 Å². The van der Waals surface area contributed by atoms with Crippen LogP contribution in [0, 0.1) is 0 Å². The van der Waals surface area contributed by atoms with Crippen molar-refractivity contribution in [3.05, 3.63) is 102 Å². The summed E-state index contributed by atoms with van der Waals surface area (Å²) in [7, 11) is 0. The van der Waals surface area contributed by atoms with Crippen molar-refractivity contribution in [3.63, 3.8) is 0 Å². The lowest BCUT2D eigenvalue weighted by atomic mass is 10.0. The van der Waals surface area contributed by atoms with Gasteiger partial charge in [-0.15, -0.1) is 0 Å². The standard InChI is InChI=1S/C23H16N2O4/c26-22-18(20(24-28-22)16-10-4-1-5-11-16)14-8-3-9-15-19-21(25-29-23(19)27)17-12-6-2-7-13-17/h1-15,26H/p-1/b9-3?,14-8?,19-15-. The highest BCUT2D eigenvalue weighted by Gasteiger charge is 2.25. The van der Waals surface area contributed by atoms with Gasteiger partial charge in [-0.1, -0.05) is 90.1 Å². The minimum atomic E-state index is -0.510. The predicted octanol–water partition coefficient (Wildman–Crippen LogP) is 3.87. The lowest BCUT2D eigenvalue weighted by Gasteiger charge is -1.99. The Kier molecular flexibility index (Phi) is 5.16. The molecule has 1 aliphatic heterocycles. The van der Waals surface area contributed by atoms with E-state index in [0.29, 0.717) is 22.5 Å². The van der Waals surface area contributed by atoms with E-state index in [0.717, 1.165) is 11.1 Å². The molecule has 2 heterocycles. The first kappa shape index (κ1) is 18.2. The van der Waals surface area contributed by atoms with Crippen molar-refractivity contribution in [1.82, 2.24) is 5.16 Å². The summed E-state index contributed by atoms with van der Waals surface area (Å²) in [5.74, 6) is -1.02. The fourth-order valence-corrected chi connectivity index (χ4v) is 2.83. The highest BCUT2D eigenvalue weighted by Crippen LogP contribution is 2.29. The second kappa shape index (κ2) is 8.22. The van der Waals surface area contributed by atoms with Crippen LogP contribution < -0.4 is 5.11 Å². The number of oxime groups is 1. The molecule has 0 aliphatic carbocycles. The molecule has 1 aromatic heterocycles. The van der Waals surface area contributed by atoms with Gasteiger partial charge in [0.1, 0.15) is 5.71 Å². The van der Waals surface area contributed by atoms with Crippen LogP contribution in [0.5, 0.6) is 5.95 Å². The highest BCUT2D eigenvalue weighted by molar-refractivity contribution is 6.28. The Morgan fingerprint density at radius 1 is 0.862 bits per heavy atom. The number of nitrogens with zero attached hydrogens (tertiary/aromatic N) is 2. The van der Waals surface area contributed by atoms with Crippen LogP contribution in [0.2, 0.25) is 0 Å². The van der Waals surface area contributed by atoms with E-state index in [1.165, 1.54) is 0 Å². The molecule has 142 valence electrons. The molecule has 0 bridgehead atoms. The van der Waals surface area contributed by atoms with Crippen molar-refractivity contribution in [3.8, 4) is 17.2 Å². The maximum absolute atomic E-state index is 11.9. The number of carbonyl (C=O) groups excluding carboxylic acids is 1. The molecule has 0 unspecified atom stereocenters. The molecule has 2 aromatic carbocycles. The number of rotatable bonds is 5. The van der Waals surface area contributed by atoms with Crippen molar-refractivity contribution in [2.45, 2.75) is 0 Å². The summed E-state index contributed by atoms with van der Waals surface area (Å²) < 4.78 is 4.80. The van der Waals surface area contributed by atoms with Crippen molar-refractivity contribution in [2.75, 3.05) is 0 Å². The van der Waals surface area contributed by atoms with Crippen molar-refractivity contribution < 1.29 is 19.3 Å². The SMILES string of the molecule is O=C1ON=C(c2ccccc2)/C1=C/C=CC=Cc1c(-c2ccccc2)noc1[O-]. The van der Waals surface area contributed by atoms with E-state index in [9.17, 15) is 9.90 Å². The molecule has 3 aromatic rings. The first-order valence-electron chi connectivity index (χ1n) is 8.86. The largest absolute Gasteiger partial charge is 0.544 e. The van der Waals surface area contributed by atoms with Gasteiger partial charge in [-0.3, -0.25) is 0 Å². The fraction of sp³-hybridized carbons (Fsp3) is 0. The van der Waals surface area contributed by atoms with Gasteiger partial charge >= 0.3 is 5.97 Å². The van der Waals surface area contributed by atoms with Crippen LogP contribution in [-0.2, 0) is 9.63 Å². The van der Waals surface area contributed by atoms with E-state index in [1.54, 1.807) is 30.4 Å². The fourth-order valence-electron chi connectivity index (χ4n) is 2.83. The van der Waals surface area contributed by atoms with Crippen LogP contribution in [0.1, 0.15) is 11.1 Å². The van der Waals surface area contributed by atoms with Gasteiger partial charge in [-0.05, 0) is 6.08 Å². The third kappa shape index (κ3) is 3.91. The Labute approximate surface area is 166 Å². The summed E-state index contributed by atoms with van der Waals surface area (Å²) in [6, 6.07) is 18.6. The van der Waals surface area contributed by atoms with E-state index >= 15 is 0 Å². The van der Waals surface area contributed by atoms with Crippen LogP contribution in [0.4, 0.5) is 0 Å². The summed E-state index contributed by atoms with van der Waals surface area (Å²) in [6.45, 7) is 0. The number of allylic oxidation sites excluding steroid dienone is 4. The third-order valence-electron chi connectivity index (χ3n) is 4.23. The third-order valence-corrected chi connectivity index (χ3v) is 4.23. The van der Waals surface area contributed by atoms with Crippen LogP contribution in [0.3, 0.4) is 0 Å². The Bertz CT molecular complexity index is 1140. The zero-order valence-corrected chi connectivity index (χ0v) is 15.2. The average molecular weight is 383 g/mol. The van der Waals surface area contributed by atoms with Crippen molar-refractivity contribution in [1.29, 1.82) is 0 Å². The molecule has 0 amide bonds. The Balaban J connectivity index is 1.53. The predicted molar refractivity (Wildman–Crippen MR) is 107 cm³/mol. The minimum Gasteiger partial charge on any atom is -0.544 e. The second-order valence-corrected chi connectivity index (χ2v) is 6.11. The monoisotopic (exact) mass is 383 g/mol. The molecule has 0 atom stereocenters. The zero-order chi connectivity index (χ0) is 20.1. The molecule has 0 N–H and O–H groups in total. The van der Waals surface area contributed by atoms with Gasteiger partial charge in [0.05, 0.1) is 17.2 Å². The molecule has 0 radical (unpaired) electrons. The summed E-state index contributed by atoms with van der Waals surface area (Å²) >= 11 is 0. The average Bonchev–Trinajstić information content (AvgIpc) is 3.32. The quantitative estimate of drug-likeness (QED) is 0.379. The van der Waals surface area contributed by atoms with Crippen LogP contribution in [-0.4, -0.2) is 16.8 Å². The number of hydrogen-bond acceptors (Lipinski definition) is 6.